The van der Waals surface area contributed by atoms with Crippen molar-refractivity contribution < 1.29 is 9.47 Å². The summed E-state index contributed by atoms with van der Waals surface area (Å²) in [6, 6.07) is 14.7. The lowest BCUT2D eigenvalue weighted by atomic mass is 9.72. The Kier molecular flexibility index (Phi) is 3.74. The lowest BCUT2D eigenvalue weighted by Crippen LogP contribution is -2.44. The van der Waals surface area contributed by atoms with E-state index >= 15 is 0 Å². The number of hydrogen-bond acceptors (Lipinski definition) is 6. The number of amidine groups is 1. The second kappa shape index (κ2) is 5.30. The summed E-state index contributed by atoms with van der Waals surface area (Å²) >= 11 is 0. The number of fused-ring (bicyclic) bond motifs is 1. The van der Waals surface area contributed by atoms with E-state index in [1.165, 1.54) is 14.2 Å². The maximum Gasteiger partial charge on any atom is 0.292 e. The van der Waals surface area contributed by atoms with E-state index in [1.54, 1.807) is 0 Å². The van der Waals surface area contributed by atoms with Gasteiger partial charge in [0.1, 0.15) is 11.3 Å². The Morgan fingerprint density at radius 3 is 2.15 bits per heavy atom. The van der Waals surface area contributed by atoms with Crippen LogP contribution in [-0.2, 0) is 14.9 Å². The highest BCUT2D eigenvalue weighted by Crippen LogP contribution is 2.87. The minimum absolute atomic E-state index is 0.108. The fourth-order valence-corrected chi connectivity index (χ4v) is 5.33. The largest absolute Gasteiger partial charge is 0.386 e. The minimum Gasteiger partial charge on any atom is -0.386 e. The maximum atomic E-state index is 10.2. The van der Waals surface area contributed by atoms with Crippen LogP contribution in [0.2, 0.25) is 0 Å². The van der Waals surface area contributed by atoms with Crippen molar-refractivity contribution in [1.29, 1.82) is 10.5 Å². The number of ether oxygens (including phenoxy) is 2. The molecule has 1 fully saturated rings. The number of aliphatic imine (C=N–C) groups is 1. The number of nitriles is 2. The van der Waals surface area contributed by atoms with E-state index in [2.05, 4.69) is 43.1 Å². The van der Waals surface area contributed by atoms with Crippen LogP contribution < -0.4 is 5.73 Å². The molecule has 0 saturated heterocycles. The van der Waals surface area contributed by atoms with Crippen molar-refractivity contribution in [2.45, 2.75) is 38.5 Å². The van der Waals surface area contributed by atoms with Crippen LogP contribution in [0, 0.1) is 38.9 Å². The number of hydrogen-bond donors (Lipinski definition) is 1. The number of benzene rings is 1. The minimum atomic E-state index is -1.58. The summed E-state index contributed by atoms with van der Waals surface area (Å²) in [4.78, 5) is 4.28. The van der Waals surface area contributed by atoms with Crippen molar-refractivity contribution >= 4 is 5.84 Å². The smallest absolute Gasteiger partial charge is 0.292 e. The van der Waals surface area contributed by atoms with Crippen molar-refractivity contribution in [2.75, 3.05) is 14.2 Å². The SMILES string of the molecule is COC1(OC)N=C(N)[C@@]2(C#N)[C@](C)(CC(C)(C)c3ccccc3)[C@@]12C#N. The van der Waals surface area contributed by atoms with E-state index < -0.39 is 22.2 Å². The van der Waals surface area contributed by atoms with Crippen LogP contribution in [0.3, 0.4) is 0 Å². The Bertz CT molecular complexity index is 847. The quantitative estimate of drug-likeness (QED) is 0.820. The molecule has 1 aromatic carbocycles. The average Bonchev–Trinajstić information content (AvgIpc) is 3.00. The highest BCUT2D eigenvalue weighted by Gasteiger charge is 2.99. The number of nitrogens with zero attached hydrogens (tertiary/aromatic N) is 3. The summed E-state index contributed by atoms with van der Waals surface area (Å²) in [6.45, 7) is 6.12. The third-order valence-electron chi connectivity index (χ3n) is 6.52. The second-order valence-corrected chi connectivity index (χ2v) is 7.97. The predicted octanol–water partition coefficient (Wildman–Crippen LogP) is 2.71. The molecule has 1 aromatic rings. The fourth-order valence-electron chi connectivity index (χ4n) is 5.33. The van der Waals surface area contributed by atoms with Crippen molar-refractivity contribution in [2.24, 2.45) is 27.0 Å². The Hall–Kier alpha value is -2.41. The van der Waals surface area contributed by atoms with Crippen molar-refractivity contribution in [3.05, 3.63) is 35.9 Å². The molecule has 136 valence electrons. The molecule has 6 nitrogen and oxygen atoms in total. The molecule has 0 spiro atoms. The molecule has 3 atom stereocenters. The van der Waals surface area contributed by atoms with Crippen molar-refractivity contribution in [1.82, 2.24) is 0 Å². The Morgan fingerprint density at radius 1 is 1.12 bits per heavy atom. The molecule has 1 aliphatic heterocycles. The molecule has 1 aliphatic carbocycles. The van der Waals surface area contributed by atoms with Gasteiger partial charge in [0.05, 0.1) is 12.1 Å². The van der Waals surface area contributed by atoms with Gasteiger partial charge < -0.3 is 15.2 Å². The highest BCUT2D eigenvalue weighted by atomic mass is 16.7. The molecular weight excluding hydrogens is 328 g/mol. The summed E-state index contributed by atoms with van der Waals surface area (Å²) in [5.74, 6) is -1.47. The highest BCUT2D eigenvalue weighted by molar-refractivity contribution is 6.00. The second-order valence-electron chi connectivity index (χ2n) is 7.97. The van der Waals surface area contributed by atoms with Gasteiger partial charge in [0.25, 0.3) is 5.91 Å². The molecule has 3 rings (SSSR count). The molecule has 0 aromatic heterocycles. The van der Waals surface area contributed by atoms with Crippen LogP contribution in [0.15, 0.2) is 35.3 Å². The van der Waals surface area contributed by atoms with Gasteiger partial charge in [0, 0.05) is 19.6 Å². The van der Waals surface area contributed by atoms with Gasteiger partial charge in [-0.3, -0.25) is 0 Å². The van der Waals surface area contributed by atoms with Gasteiger partial charge in [0.15, 0.2) is 5.41 Å². The van der Waals surface area contributed by atoms with Crippen LogP contribution in [-0.4, -0.2) is 26.0 Å². The Labute approximate surface area is 154 Å². The monoisotopic (exact) mass is 352 g/mol. The number of methoxy groups -OCH3 is 2. The molecule has 0 bridgehead atoms. The first kappa shape index (κ1) is 18.4. The summed E-state index contributed by atoms with van der Waals surface area (Å²) in [5, 5.41) is 20.3. The van der Waals surface area contributed by atoms with Crippen LogP contribution in [0.25, 0.3) is 0 Å². The van der Waals surface area contributed by atoms with Crippen LogP contribution in [0.5, 0.6) is 0 Å². The molecule has 1 saturated carbocycles. The van der Waals surface area contributed by atoms with Gasteiger partial charge >= 0.3 is 0 Å². The van der Waals surface area contributed by atoms with E-state index in [0.29, 0.717) is 6.42 Å². The zero-order valence-electron chi connectivity index (χ0n) is 15.8. The van der Waals surface area contributed by atoms with Crippen LogP contribution >= 0.6 is 0 Å². The van der Waals surface area contributed by atoms with Crippen molar-refractivity contribution in [3.63, 3.8) is 0 Å². The first-order valence-corrected chi connectivity index (χ1v) is 8.53. The Balaban J connectivity index is 2.15. The van der Waals surface area contributed by atoms with Gasteiger partial charge in [-0.1, -0.05) is 51.1 Å². The van der Waals surface area contributed by atoms with Gasteiger partial charge in [-0.05, 0) is 17.4 Å². The standard InChI is InChI=1S/C20H24N4O2/c1-16(2,14-9-7-6-8-10-14)11-17(3)18(12-21)15(23)24-20(25-4,26-5)19(17,18)13-22/h6-10H,11H2,1-5H3,(H2,23,24)/t17-,18-,19+/m0/s1. The third-order valence-corrected chi connectivity index (χ3v) is 6.52. The molecule has 0 radical (unpaired) electrons. The topological polar surface area (TPSA) is 104 Å². The molecule has 26 heavy (non-hydrogen) atoms. The van der Waals surface area contributed by atoms with Gasteiger partial charge in [0.2, 0.25) is 0 Å². The number of nitrogens with two attached hydrogens (primary N) is 1. The average molecular weight is 352 g/mol. The van der Waals surface area contributed by atoms with E-state index in [9.17, 15) is 10.5 Å². The van der Waals surface area contributed by atoms with Crippen LogP contribution in [0.1, 0.15) is 32.8 Å². The molecule has 1 heterocycles. The zero-order valence-corrected chi connectivity index (χ0v) is 15.8. The lowest BCUT2D eigenvalue weighted by molar-refractivity contribution is -0.237. The van der Waals surface area contributed by atoms with Crippen molar-refractivity contribution in [3.8, 4) is 12.1 Å². The molecule has 0 amide bonds. The van der Waals surface area contributed by atoms with E-state index in [1.807, 2.05) is 25.1 Å². The summed E-state index contributed by atoms with van der Waals surface area (Å²) in [6.07, 6.45) is 0.551. The molecule has 2 N–H and O–H groups in total. The number of rotatable bonds is 5. The third kappa shape index (κ3) is 1.65. The molecule has 0 unspecified atom stereocenters. The summed E-state index contributed by atoms with van der Waals surface area (Å²) < 4.78 is 11.1. The first-order chi connectivity index (χ1) is 12.2. The fraction of sp³-hybridized carbons (Fsp3) is 0.550. The van der Waals surface area contributed by atoms with Crippen LogP contribution in [0.4, 0.5) is 0 Å². The maximum absolute atomic E-state index is 10.2. The molecule has 2 aliphatic rings. The van der Waals surface area contributed by atoms with Gasteiger partial charge in [-0.25, -0.2) is 4.99 Å². The van der Waals surface area contributed by atoms with Gasteiger partial charge in [-0.15, -0.1) is 0 Å². The zero-order chi connectivity index (χ0) is 19.4. The van der Waals surface area contributed by atoms with E-state index in [0.717, 1.165) is 5.56 Å². The summed E-state index contributed by atoms with van der Waals surface area (Å²) in [7, 11) is 2.85. The van der Waals surface area contributed by atoms with Gasteiger partial charge in [-0.2, -0.15) is 10.5 Å². The Morgan fingerprint density at radius 2 is 1.69 bits per heavy atom. The predicted molar refractivity (Wildman–Crippen MR) is 96.7 cm³/mol. The summed E-state index contributed by atoms with van der Waals surface area (Å²) in [5.41, 5.74) is 3.72. The molecule has 6 heteroatoms. The lowest BCUT2D eigenvalue weighted by Gasteiger charge is -2.36. The first-order valence-electron chi connectivity index (χ1n) is 8.53. The normalized spacial score (nSPS) is 34.3. The van der Waals surface area contributed by atoms with E-state index in [4.69, 9.17) is 15.2 Å². The van der Waals surface area contributed by atoms with E-state index in [-0.39, 0.29) is 11.3 Å². The molecular formula is C20H24N4O2.